The van der Waals surface area contributed by atoms with Crippen molar-refractivity contribution in [1.29, 1.82) is 0 Å². The van der Waals surface area contributed by atoms with Gasteiger partial charge in [-0.2, -0.15) is 0 Å². The number of rotatable bonds is 6. The number of benzene rings is 2. The van der Waals surface area contributed by atoms with E-state index in [0.717, 1.165) is 29.0 Å². The van der Waals surface area contributed by atoms with E-state index < -0.39 is 10.0 Å². The van der Waals surface area contributed by atoms with E-state index >= 15 is 0 Å². The molecule has 2 aromatic carbocycles. The van der Waals surface area contributed by atoms with Gasteiger partial charge in [0.25, 0.3) is 10.0 Å². The average molecular weight is 440 g/mol. The van der Waals surface area contributed by atoms with Gasteiger partial charge < -0.3 is 4.74 Å². The zero-order chi connectivity index (χ0) is 21.8. The van der Waals surface area contributed by atoms with E-state index in [1.54, 1.807) is 25.3 Å². The highest BCUT2D eigenvalue weighted by molar-refractivity contribution is 7.92. The molecule has 4 bridgehead atoms. The highest BCUT2D eigenvalue weighted by Gasteiger charge is 2.51. The van der Waals surface area contributed by atoms with E-state index in [1.165, 1.54) is 48.4 Å². The van der Waals surface area contributed by atoms with Gasteiger partial charge in [-0.1, -0.05) is 12.1 Å². The molecule has 0 N–H and O–H groups in total. The Morgan fingerprint density at radius 2 is 1.55 bits per heavy atom. The summed E-state index contributed by atoms with van der Waals surface area (Å²) in [5.74, 6) is 3.40. The number of aryl methyl sites for hydroxylation is 1. The first kappa shape index (κ1) is 20.9. The fourth-order valence-corrected chi connectivity index (χ4v) is 8.63. The Balaban J connectivity index is 1.44. The average Bonchev–Trinajstić information content (AvgIpc) is 2.73. The predicted molar refractivity (Wildman–Crippen MR) is 124 cm³/mol. The van der Waals surface area contributed by atoms with Gasteiger partial charge in [0, 0.05) is 6.54 Å². The fraction of sp³-hybridized carbons (Fsp3) is 0.538. The molecule has 0 spiro atoms. The molecule has 0 aromatic heterocycles. The quantitative estimate of drug-likeness (QED) is 0.581. The zero-order valence-corrected chi connectivity index (χ0v) is 19.6. The van der Waals surface area contributed by atoms with Crippen LogP contribution in [0.2, 0.25) is 0 Å². The monoisotopic (exact) mass is 439 g/mol. The van der Waals surface area contributed by atoms with Crippen LogP contribution < -0.4 is 9.04 Å². The van der Waals surface area contributed by atoms with Gasteiger partial charge in [-0.05, 0) is 117 Å². The summed E-state index contributed by atoms with van der Waals surface area (Å²) in [4.78, 5) is 0.304. The summed E-state index contributed by atoms with van der Waals surface area (Å²) in [7, 11) is -2.03. The van der Waals surface area contributed by atoms with E-state index in [9.17, 15) is 8.42 Å². The Bertz CT molecular complexity index is 1040. The van der Waals surface area contributed by atoms with Gasteiger partial charge in [-0.3, -0.25) is 4.31 Å². The first-order valence-corrected chi connectivity index (χ1v) is 13.1. The van der Waals surface area contributed by atoms with Gasteiger partial charge in [0.1, 0.15) is 5.75 Å². The number of nitrogens with zero attached hydrogens (tertiary/aromatic N) is 1. The summed E-state index contributed by atoms with van der Waals surface area (Å²) in [6, 6.07) is 13.5. The number of methoxy groups -OCH3 is 1. The van der Waals surface area contributed by atoms with Crippen LogP contribution >= 0.6 is 0 Å². The summed E-state index contributed by atoms with van der Waals surface area (Å²) < 4.78 is 33.6. The number of anilines is 1. The van der Waals surface area contributed by atoms with Crippen molar-refractivity contribution in [2.24, 2.45) is 17.8 Å². The fourth-order valence-electron chi connectivity index (χ4n) is 7.08. The molecular formula is C26H33NO3S. The predicted octanol–water partition coefficient (Wildman–Crippen LogP) is 5.69. The van der Waals surface area contributed by atoms with E-state index in [1.807, 2.05) is 26.0 Å². The Morgan fingerprint density at radius 1 is 0.968 bits per heavy atom. The SMILES string of the molecule is CCN(c1ccc(C23CC4CC(CC(C4)C2)C3)cc1)S(=O)(=O)c1ccc(OC)c(C)c1. The summed E-state index contributed by atoms with van der Waals surface area (Å²) in [6.45, 7) is 4.15. The maximum atomic E-state index is 13.4. The molecule has 0 heterocycles. The lowest BCUT2D eigenvalue weighted by Gasteiger charge is -2.57. The lowest BCUT2D eigenvalue weighted by molar-refractivity contribution is -0.00518. The molecule has 4 fully saturated rings. The van der Waals surface area contributed by atoms with Crippen molar-refractivity contribution in [3.8, 4) is 5.75 Å². The summed E-state index contributed by atoms with van der Waals surface area (Å²) in [6.07, 6.45) is 8.25. The molecule has 4 saturated carbocycles. The minimum absolute atomic E-state index is 0.304. The summed E-state index contributed by atoms with van der Waals surface area (Å²) >= 11 is 0. The van der Waals surface area contributed by atoms with Crippen LogP contribution in [0, 0.1) is 24.7 Å². The lowest BCUT2D eigenvalue weighted by Crippen LogP contribution is -2.48. The minimum atomic E-state index is -3.63. The van der Waals surface area contributed by atoms with Crippen LogP contribution in [-0.2, 0) is 15.4 Å². The maximum absolute atomic E-state index is 13.4. The Morgan fingerprint density at radius 3 is 2.03 bits per heavy atom. The molecular weight excluding hydrogens is 406 g/mol. The van der Waals surface area contributed by atoms with Crippen LogP contribution in [0.5, 0.6) is 5.75 Å². The van der Waals surface area contributed by atoms with Crippen LogP contribution in [0.1, 0.15) is 56.6 Å². The smallest absolute Gasteiger partial charge is 0.264 e. The van der Waals surface area contributed by atoms with E-state index in [4.69, 9.17) is 4.74 Å². The Labute approximate surface area is 186 Å². The van der Waals surface area contributed by atoms with Gasteiger partial charge in [0.05, 0.1) is 17.7 Å². The van der Waals surface area contributed by atoms with Crippen LogP contribution in [0.25, 0.3) is 0 Å². The molecule has 4 nitrogen and oxygen atoms in total. The molecule has 2 aromatic rings. The van der Waals surface area contributed by atoms with Crippen molar-refractivity contribution >= 4 is 15.7 Å². The largest absolute Gasteiger partial charge is 0.496 e. The van der Waals surface area contributed by atoms with Gasteiger partial charge in [-0.25, -0.2) is 8.42 Å². The molecule has 4 aliphatic rings. The van der Waals surface area contributed by atoms with Crippen molar-refractivity contribution in [3.63, 3.8) is 0 Å². The summed E-state index contributed by atoms with van der Waals surface area (Å²) in [5, 5.41) is 0. The molecule has 0 amide bonds. The normalized spacial score (nSPS) is 29.2. The van der Waals surface area contributed by atoms with Crippen molar-refractivity contribution in [1.82, 2.24) is 0 Å². The third-order valence-corrected chi connectivity index (χ3v) is 9.95. The number of ether oxygens (including phenoxy) is 1. The molecule has 5 heteroatoms. The second kappa shape index (κ2) is 7.54. The van der Waals surface area contributed by atoms with Gasteiger partial charge in [0.15, 0.2) is 0 Å². The first-order chi connectivity index (χ1) is 14.8. The van der Waals surface area contributed by atoms with Crippen molar-refractivity contribution in [2.45, 2.75) is 62.7 Å². The van der Waals surface area contributed by atoms with Gasteiger partial charge >= 0.3 is 0 Å². The van der Waals surface area contributed by atoms with Crippen molar-refractivity contribution in [3.05, 3.63) is 53.6 Å². The second-order valence-corrected chi connectivity index (χ2v) is 11.9. The van der Waals surface area contributed by atoms with Crippen LogP contribution in [0.3, 0.4) is 0 Å². The number of sulfonamides is 1. The Hall–Kier alpha value is -2.01. The molecule has 6 rings (SSSR count). The highest BCUT2D eigenvalue weighted by atomic mass is 32.2. The zero-order valence-electron chi connectivity index (χ0n) is 18.8. The molecule has 4 aliphatic carbocycles. The van der Waals surface area contributed by atoms with Crippen molar-refractivity contribution in [2.75, 3.05) is 18.0 Å². The van der Waals surface area contributed by atoms with E-state index in [-0.39, 0.29) is 0 Å². The third kappa shape index (κ3) is 3.45. The first-order valence-electron chi connectivity index (χ1n) is 11.6. The second-order valence-electron chi connectivity index (χ2n) is 10.0. The molecule has 0 saturated heterocycles. The molecule has 0 aliphatic heterocycles. The number of hydrogen-bond acceptors (Lipinski definition) is 3. The topological polar surface area (TPSA) is 46.6 Å². The van der Waals surface area contributed by atoms with Crippen molar-refractivity contribution < 1.29 is 13.2 Å². The van der Waals surface area contributed by atoms with Gasteiger partial charge in [0.2, 0.25) is 0 Å². The van der Waals surface area contributed by atoms with Crippen LogP contribution in [-0.4, -0.2) is 22.1 Å². The lowest BCUT2D eigenvalue weighted by atomic mass is 9.48. The summed E-state index contributed by atoms with van der Waals surface area (Å²) in [5.41, 5.74) is 3.31. The van der Waals surface area contributed by atoms with E-state index in [0.29, 0.717) is 22.6 Å². The van der Waals surface area contributed by atoms with Gasteiger partial charge in [-0.15, -0.1) is 0 Å². The number of hydrogen-bond donors (Lipinski definition) is 0. The molecule has 0 unspecified atom stereocenters. The molecule has 0 atom stereocenters. The molecule has 166 valence electrons. The standard InChI is InChI=1S/C26H33NO3S/c1-4-27(31(28,29)24-9-10-25(30-3)18(2)11-24)23-7-5-22(6-8-23)26-15-19-12-20(16-26)14-21(13-19)17-26/h5-11,19-21H,4,12-17H2,1-3H3. The third-order valence-electron chi connectivity index (χ3n) is 8.05. The van der Waals surface area contributed by atoms with Crippen LogP contribution in [0.4, 0.5) is 5.69 Å². The van der Waals surface area contributed by atoms with Crippen LogP contribution in [0.15, 0.2) is 47.4 Å². The highest BCUT2D eigenvalue weighted by Crippen LogP contribution is 2.60. The molecule has 31 heavy (non-hydrogen) atoms. The molecule has 0 radical (unpaired) electrons. The Kier molecular flexibility index (Phi) is 5.08. The minimum Gasteiger partial charge on any atom is -0.496 e. The maximum Gasteiger partial charge on any atom is 0.264 e. The van der Waals surface area contributed by atoms with E-state index in [2.05, 4.69) is 12.1 Å².